The summed E-state index contributed by atoms with van der Waals surface area (Å²) in [6.07, 6.45) is 4.32. The van der Waals surface area contributed by atoms with Gasteiger partial charge in [-0.05, 0) is 38.3 Å². The number of hydrogen-bond donors (Lipinski definition) is 1. The van der Waals surface area contributed by atoms with Gasteiger partial charge in [0.2, 0.25) is 0 Å². The van der Waals surface area contributed by atoms with Gasteiger partial charge >= 0.3 is 12.0 Å². The quantitative estimate of drug-likeness (QED) is 0.188. The van der Waals surface area contributed by atoms with E-state index in [2.05, 4.69) is 12.2 Å². The van der Waals surface area contributed by atoms with E-state index in [-0.39, 0.29) is 17.6 Å². The molecular formula is C23H32N2O6. The number of unbranched alkanes of at least 4 members (excludes halogenated alkanes) is 2. The predicted octanol–water partition coefficient (Wildman–Crippen LogP) is 3.85. The molecule has 1 aliphatic rings. The van der Waals surface area contributed by atoms with Crippen molar-refractivity contribution < 1.29 is 28.6 Å². The van der Waals surface area contributed by atoms with Crippen LogP contribution in [0.5, 0.6) is 5.75 Å². The van der Waals surface area contributed by atoms with Crippen molar-refractivity contribution in [2.45, 2.75) is 65.0 Å². The molecule has 2 atom stereocenters. The van der Waals surface area contributed by atoms with Gasteiger partial charge in [-0.3, -0.25) is 15.0 Å². The lowest BCUT2D eigenvalue weighted by molar-refractivity contribution is -0.153. The molecule has 31 heavy (non-hydrogen) atoms. The van der Waals surface area contributed by atoms with E-state index in [1.165, 1.54) is 21.1 Å². The van der Waals surface area contributed by atoms with Crippen LogP contribution in [-0.2, 0) is 19.1 Å². The Hall–Kier alpha value is -3.03. The van der Waals surface area contributed by atoms with Gasteiger partial charge in [0.25, 0.3) is 5.91 Å². The van der Waals surface area contributed by atoms with E-state index in [1.54, 1.807) is 24.3 Å². The molecule has 0 aromatic heterocycles. The van der Waals surface area contributed by atoms with E-state index in [0.717, 1.165) is 30.6 Å². The number of para-hydroxylation sites is 1. The molecule has 0 radical (unpaired) electrons. The minimum Gasteiger partial charge on any atom is -0.496 e. The number of rotatable bonds is 11. The summed E-state index contributed by atoms with van der Waals surface area (Å²) in [6, 6.07) is 5.25. The zero-order valence-corrected chi connectivity index (χ0v) is 18.9. The summed E-state index contributed by atoms with van der Waals surface area (Å²) in [5.41, 5.74) is 0.435. The molecule has 0 saturated carbocycles. The summed E-state index contributed by atoms with van der Waals surface area (Å²) in [7, 11) is 2.89. The van der Waals surface area contributed by atoms with Crippen LogP contribution in [0.25, 0.3) is 5.76 Å². The first-order valence-corrected chi connectivity index (χ1v) is 10.7. The third-order valence-electron chi connectivity index (χ3n) is 5.26. The van der Waals surface area contributed by atoms with E-state index in [1.807, 2.05) is 6.92 Å². The second-order valence-electron chi connectivity index (χ2n) is 7.35. The van der Waals surface area contributed by atoms with Crippen molar-refractivity contribution in [3.05, 3.63) is 35.5 Å². The first kappa shape index (κ1) is 24.2. The molecule has 3 amide bonds. The first-order valence-electron chi connectivity index (χ1n) is 10.7. The number of urea groups is 1. The number of amides is 3. The molecule has 0 bridgehead atoms. The highest BCUT2D eigenvalue weighted by Crippen LogP contribution is 2.33. The fraction of sp³-hybridized carbons (Fsp3) is 0.522. The van der Waals surface area contributed by atoms with Crippen molar-refractivity contribution in [1.29, 1.82) is 0 Å². The van der Waals surface area contributed by atoms with E-state index >= 15 is 0 Å². The molecule has 1 N–H and O–H groups in total. The largest absolute Gasteiger partial charge is 0.496 e. The number of hydrogen-bond acceptors (Lipinski definition) is 6. The zero-order chi connectivity index (χ0) is 23.0. The normalized spacial score (nSPS) is 17.1. The molecule has 1 heterocycles. The lowest BCUT2D eigenvalue weighted by Crippen LogP contribution is -2.42. The lowest BCUT2D eigenvalue weighted by Gasteiger charge is -2.26. The van der Waals surface area contributed by atoms with E-state index < -0.39 is 23.9 Å². The van der Waals surface area contributed by atoms with Crippen molar-refractivity contribution in [2.24, 2.45) is 0 Å². The SMILES string of the molecule is CCCCCC(CC)OC(=O)C(C)N1C(=O)NC(=O)C1=C(OC)c1ccccc1OC. The Bertz CT molecular complexity index is 835. The van der Waals surface area contributed by atoms with Gasteiger partial charge in [0.15, 0.2) is 11.5 Å². The molecule has 8 nitrogen and oxygen atoms in total. The maximum atomic E-state index is 12.9. The molecular weight excluding hydrogens is 400 g/mol. The Morgan fingerprint density at radius 3 is 2.45 bits per heavy atom. The summed E-state index contributed by atoms with van der Waals surface area (Å²) in [4.78, 5) is 39.2. The summed E-state index contributed by atoms with van der Waals surface area (Å²) in [6.45, 7) is 5.60. The Balaban J connectivity index is 2.36. The van der Waals surface area contributed by atoms with Crippen molar-refractivity contribution in [1.82, 2.24) is 10.2 Å². The number of nitrogens with one attached hydrogen (secondary N) is 1. The number of carbonyl (C=O) groups excluding carboxylic acids is 3. The topological polar surface area (TPSA) is 94.2 Å². The van der Waals surface area contributed by atoms with Crippen LogP contribution in [0.1, 0.15) is 58.4 Å². The maximum absolute atomic E-state index is 12.9. The molecule has 2 rings (SSSR count). The zero-order valence-electron chi connectivity index (χ0n) is 18.9. The fourth-order valence-electron chi connectivity index (χ4n) is 3.51. The van der Waals surface area contributed by atoms with Crippen molar-refractivity contribution in [3.8, 4) is 5.75 Å². The molecule has 0 spiro atoms. The molecule has 2 unspecified atom stereocenters. The van der Waals surface area contributed by atoms with E-state index in [4.69, 9.17) is 14.2 Å². The first-order chi connectivity index (χ1) is 14.9. The van der Waals surface area contributed by atoms with Crippen molar-refractivity contribution in [3.63, 3.8) is 0 Å². The van der Waals surface area contributed by atoms with Crippen LogP contribution in [0.4, 0.5) is 4.79 Å². The van der Waals surface area contributed by atoms with Crippen LogP contribution < -0.4 is 10.1 Å². The van der Waals surface area contributed by atoms with Gasteiger partial charge in [-0.25, -0.2) is 9.59 Å². The highest BCUT2D eigenvalue weighted by Gasteiger charge is 2.43. The minimum absolute atomic E-state index is 0.0551. The number of esters is 1. The Labute approximate surface area is 183 Å². The van der Waals surface area contributed by atoms with Crippen LogP contribution in [0.2, 0.25) is 0 Å². The number of benzene rings is 1. The highest BCUT2D eigenvalue weighted by atomic mass is 16.5. The van der Waals surface area contributed by atoms with Crippen molar-refractivity contribution >= 4 is 23.7 Å². The number of imide groups is 1. The fourth-order valence-corrected chi connectivity index (χ4v) is 3.51. The maximum Gasteiger partial charge on any atom is 0.329 e. The third kappa shape index (κ3) is 5.57. The molecule has 170 valence electrons. The van der Waals surface area contributed by atoms with Crippen LogP contribution >= 0.6 is 0 Å². The molecule has 1 saturated heterocycles. The Kier molecular flexibility index (Phi) is 8.90. The Morgan fingerprint density at radius 2 is 1.84 bits per heavy atom. The Morgan fingerprint density at radius 1 is 1.13 bits per heavy atom. The second kappa shape index (κ2) is 11.4. The van der Waals surface area contributed by atoms with Crippen molar-refractivity contribution in [2.75, 3.05) is 14.2 Å². The monoisotopic (exact) mass is 432 g/mol. The van der Waals surface area contributed by atoms with Crippen LogP contribution in [0.3, 0.4) is 0 Å². The highest BCUT2D eigenvalue weighted by molar-refractivity contribution is 6.16. The van der Waals surface area contributed by atoms with Crippen LogP contribution in [-0.4, -0.2) is 49.2 Å². The van der Waals surface area contributed by atoms with Gasteiger partial charge in [-0.1, -0.05) is 38.8 Å². The summed E-state index contributed by atoms with van der Waals surface area (Å²) < 4.78 is 16.5. The second-order valence-corrected chi connectivity index (χ2v) is 7.35. The predicted molar refractivity (Wildman–Crippen MR) is 116 cm³/mol. The van der Waals surface area contributed by atoms with Gasteiger partial charge in [0.1, 0.15) is 17.9 Å². The van der Waals surface area contributed by atoms with E-state index in [9.17, 15) is 14.4 Å². The minimum atomic E-state index is -1.01. The average Bonchev–Trinajstić information content (AvgIpc) is 3.06. The van der Waals surface area contributed by atoms with Gasteiger partial charge in [-0.2, -0.15) is 0 Å². The molecule has 1 fully saturated rings. The summed E-state index contributed by atoms with van der Waals surface area (Å²) >= 11 is 0. The van der Waals surface area contributed by atoms with Crippen LogP contribution in [0.15, 0.2) is 30.0 Å². The molecule has 1 aromatic rings. The number of ether oxygens (including phenoxy) is 3. The molecule has 1 aliphatic heterocycles. The molecule has 0 aliphatic carbocycles. The van der Waals surface area contributed by atoms with Gasteiger partial charge in [0.05, 0.1) is 19.8 Å². The van der Waals surface area contributed by atoms with Gasteiger partial charge < -0.3 is 14.2 Å². The van der Waals surface area contributed by atoms with Gasteiger partial charge in [0, 0.05) is 0 Å². The van der Waals surface area contributed by atoms with Gasteiger partial charge in [-0.15, -0.1) is 0 Å². The molecule has 8 heteroatoms. The lowest BCUT2D eigenvalue weighted by atomic mass is 10.1. The number of carbonyl (C=O) groups is 3. The van der Waals surface area contributed by atoms with E-state index in [0.29, 0.717) is 17.7 Å². The number of methoxy groups -OCH3 is 2. The summed E-state index contributed by atoms with van der Waals surface area (Å²) in [5, 5.41) is 2.25. The summed E-state index contributed by atoms with van der Waals surface area (Å²) in [5.74, 6) is -0.616. The van der Waals surface area contributed by atoms with Crippen LogP contribution in [0, 0.1) is 0 Å². The average molecular weight is 433 g/mol. The number of nitrogens with zero attached hydrogens (tertiary/aromatic N) is 1. The molecule has 1 aromatic carbocycles. The smallest absolute Gasteiger partial charge is 0.329 e. The third-order valence-corrected chi connectivity index (χ3v) is 5.26. The standard InChI is InChI=1S/C23H32N2O6/c1-6-8-9-12-16(7-2)31-22(27)15(3)25-19(21(26)24-23(25)28)20(30-5)17-13-10-11-14-18(17)29-4/h10-11,13-16H,6-9,12H2,1-5H3,(H,24,26,28).